The van der Waals surface area contributed by atoms with Crippen molar-refractivity contribution in [2.45, 2.75) is 26.1 Å². The molecule has 1 saturated heterocycles. The molecule has 4 rings (SSSR count). The van der Waals surface area contributed by atoms with Crippen molar-refractivity contribution < 1.29 is 9.53 Å². The summed E-state index contributed by atoms with van der Waals surface area (Å²) in [6.07, 6.45) is 2.67. The van der Waals surface area contributed by atoms with Gasteiger partial charge in [-0.1, -0.05) is 5.21 Å². The van der Waals surface area contributed by atoms with E-state index in [-0.39, 0.29) is 5.91 Å². The number of amides is 1. The van der Waals surface area contributed by atoms with E-state index in [0.717, 1.165) is 63.7 Å². The minimum atomic E-state index is 0.0342. The molecule has 0 spiro atoms. The first-order chi connectivity index (χ1) is 11.8. The Morgan fingerprint density at radius 1 is 1.25 bits per heavy atom. The standard InChI is InChI=1S/C16H22N6O2/c23-16(13-3-1-4-17-13)21-5-2-6-22-15(12-21)14(18-19-22)11-20-7-9-24-10-8-20/h1,3-4,17H,2,5-12H2. The van der Waals surface area contributed by atoms with Gasteiger partial charge in [-0.15, -0.1) is 5.10 Å². The molecule has 24 heavy (non-hydrogen) atoms. The molecule has 4 heterocycles. The van der Waals surface area contributed by atoms with E-state index in [1.807, 2.05) is 21.7 Å². The lowest BCUT2D eigenvalue weighted by atomic mass is 10.2. The first-order valence-corrected chi connectivity index (χ1v) is 8.45. The predicted molar refractivity (Wildman–Crippen MR) is 86.3 cm³/mol. The molecule has 1 N–H and O–H groups in total. The highest BCUT2D eigenvalue weighted by Gasteiger charge is 2.25. The van der Waals surface area contributed by atoms with Crippen molar-refractivity contribution in [2.24, 2.45) is 0 Å². The zero-order valence-electron chi connectivity index (χ0n) is 13.6. The van der Waals surface area contributed by atoms with Gasteiger partial charge in [0.1, 0.15) is 11.4 Å². The number of hydrogen-bond acceptors (Lipinski definition) is 5. The molecule has 0 aromatic carbocycles. The van der Waals surface area contributed by atoms with E-state index in [9.17, 15) is 4.79 Å². The highest BCUT2D eigenvalue weighted by atomic mass is 16.5. The van der Waals surface area contributed by atoms with Crippen LogP contribution in [-0.4, -0.2) is 68.5 Å². The van der Waals surface area contributed by atoms with Crippen molar-refractivity contribution in [1.82, 2.24) is 29.8 Å². The van der Waals surface area contributed by atoms with E-state index in [4.69, 9.17) is 4.74 Å². The second-order valence-electron chi connectivity index (χ2n) is 6.26. The second-order valence-corrected chi connectivity index (χ2v) is 6.26. The molecular weight excluding hydrogens is 308 g/mol. The first-order valence-electron chi connectivity index (χ1n) is 8.45. The Labute approximate surface area is 140 Å². The van der Waals surface area contributed by atoms with Crippen molar-refractivity contribution in [3.63, 3.8) is 0 Å². The number of carbonyl (C=O) groups is 1. The topological polar surface area (TPSA) is 79.3 Å². The lowest BCUT2D eigenvalue weighted by Crippen LogP contribution is -2.36. The van der Waals surface area contributed by atoms with Crippen LogP contribution in [0.1, 0.15) is 28.3 Å². The van der Waals surface area contributed by atoms with E-state index < -0.39 is 0 Å². The zero-order valence-corrected chi connectivity index (χ0v) is 13.6. The largest absolute Gasteiger partial charge is 0.379 e. The van der Waals surface area contributed by atoms with Crippen LogP contribution >= 0.6 is 0 Å². The molecule has 8 heteroatoms. The Balaban J connectivity index is 1.52. The molecule has 0 radical (unpaired) electrons. The number of aryl methyl sites for hydroxylation is 1. The summed E-state index contributed by atoms with van der Waals surface area (Å²) in [7, 11) is 0. The van der Waals surface area contributed by atoms with E-state index in [0.29, 0.717) is 12.2 Å². The Hall–Kier alpha value is -2.19. The molecule has 8 nitrogen and oxygen atoms in total. The highest BCUT2D eigenvalue weighted by molar-refractivity contribution is 5.92. The van der Waals surface area contributed by atoms with E-state index >= 15 is 0 Å². The van der Waals surface area contributed by atoms with Gasteiger partial charge in [-0.3, -0.25) is 9.69 Å². The summed E-state index contributed by atoms with van der Waals surface area (Å²) in [5, 5.41) is 8.68. The monoisotopic (exact) mass is 330 g/mol. The van der Waals surface area contributed by atoms with Crippen molar-refractivity contribution in [2.75, 3.05) is 32.8 Å². The number of rotatable bonds is 3. The quantitative estimate of drug-likeness (QED) is 0.886. The second kappa shape index (κ2) is 6.74. The van der Waals surface area contributed by atoms with Crippen molar-refractivity contribution in [1.29, 1.82) is 0 Å². The van der Waals surface area contributed by atoms with Crippen LogP contribution in [0.4, 0.5) is 0 Å². The maximum Gasteiger partial charge on any atom is 0.270 e. The van der Waals surface area contributed by atoms with E-state index in [2.05, 4.69) is 20.2 Å². The Bertz CT molecular complexity index is 689. The fourth-order valence-corrected chi connectivity index (χ4v) is 3.29. The molecule has 0 bridgehead atoms. The number of morpholine rings is 1. The van der Waals surface area contributed by atoms with Crippen LogP contribution in [-0.2, 0) is 24.4 Å². The van der Waals surface area contributed by atoms with Gasteiger partial charge in [0.15, 0.2) is 0 Å². The minimum Gasteiger partial charge on any atom is -0.379 e. The molecule has 128 valence electrons. The number of fused-ring (bicyclic) bond motifs is 1. The van der Waals surface area contributed by atoms with Crippen LogP contribution in [0.15, 0.2) is 18.3 Å². The zero-order chi connectivity index (χ0) is 16.4. The van der Waals surface area contributed by atoms with Gasteiger partial charge in [0, 0.05) is 38.9 Å². The molecule has 2 aromatic rings. The molecule has 1 amide bonds. The highest BCUT2D eigenvalue weighted by Crippen LogP contribution is 2.18. The van der Waals surface area contributed by atoms with Crippen LogP contribution in [0, 0.1) is 0 Å². The fraction of sp³-hybridized carbons (Fsp3) is 0.562. The van der Waals surface area contributed by atoms with Gasteiger partial charge in [-0.25, -0.2) is 4.68 Å². The third-order valence-corrected chi connectivity index (χ3v) is 4.65. The summed E-state index contributed by atoms with van der Waals surface area (Å²) >= 11 is 0. The van der Waals surface area contributed by atoms with Gasteiger partial charge in [0.05, 0.1) is 25.5 Å². The number of aromatic nitrogens is 4. The molecule has 0 saturated carbocycles. The number of nitrogens with zero attached hydrogens (tertiary/aromatic N) is 5. The Morgan fingerprint density at radius 2 is 2.12 bits per heavy atom. The maximum absolute atomic E-state index is 12.7. The van der Waals surface area contributed by atoms with E-state index in [1.165, 1.54) is 0 Å². The maximum atomic E-state index is 12.7. The summed E-state index contributed by atoms with van der Waals surface area (Å²) in [5.74, 6) is 0.0342. The first kappa shape index (κ1) is 15.3. The summed E-state index contributed by atoms with van der Waals surface area (Å²) < 4.78 is 7.36. The Morgan fingerprint density at radius 3 is 2.92 bits per heavy atom. The summed E-state index contributed by atoms with van der Waals surface area (Å²) in [6, 6.07) is 3.66. The normalized spacial score (nSPS) is 19.1. The average Bonchev–Trinajstić information content (AvgIpc) is 3.21. The van der Waals surface area contributed by atoms with E-state index in [1.54, 1.807) is 6.20 Å². The SMILES string of the molecule is O=C(c1ccc[nH]1)N1CCCn2nnc(CN3CCOCC3)c2C1. The van der Waals surface area contributed by atoms with Gasteiger partial charge in [0.2, 0.25) is 0 Å². The van der Waals surface area contributed by atoms with Crippen molar-refractivity contribution >= 4 is 5.91 Å². The van der Waals surface area contributed by atoms with Crippen LogP contribution in [0.3, 0.4) is 0 Å². The molecular formula is C16H22N6O2. The molecule has 0 aliphatic carbocycles. The number of hydrogen-bond donors (Lipinski definition) is 1. The molecule has 0 atom stereocenters. The third-order valence-electron chi connectivity index (χ3n) is 4.65. The van der Waals surface area contributed by atoms with Gasteiger partial charge < -0.3 is 14.6 Å². The summed E-state index contributed by atoms with van der Waals surface area (Å²) in [6.45, 7) is 6.22. The van der Waals surface area contributed by atoms with Gasteiger partial charge in [-0.2, -0.15) is 0 Å². The molecule has 2 aliphatic heterocycles. The van der Waals surface area contributed by atoms with Crippen LogP contribution in [0.25, 0.3) is 0 Å². The average molecular weight is 330 g/mol. The summed E-state index contributed by atoms with van der Waals surface area (Å²) in [5.41, 5.74) is 2.66. The fourth-order valence-electron chi connectivity index (χ4n) is 3.29. The smallest absolute Gasteiger partial charge is 0.270 e. The Kier molecular flexibility index (Phi) is 4.31. The number of H-pyrrole nitrogens is 1. The number of carbonyl (C=O) groups excluding carboxylic acids is 1. The van der Waals surface area contributed by atoms with Crippen molar-refractivity contribution in [3.05, 3.63) is 35.4 Å². The van der Waals surface area contributed by atoms with Gasteiger partial charge in [-0.05, 0) is 18.6 Å². The van der Waals surface area contributed by atoms with Crippen LogP contribution in [0.2, 0.25) is 0 Å². The van der Waals surface area contributed by atoms with Gasteiger partial charge >= 0.3 is 0 Å². The van der Waals surface area contributed by atoms with Crippen LogP contribution < -0.4 is 0 Å². The third kappa shape index (κ3) is 3.07. The van der Waals surface area contributed by atoms with Crippen molar-refractivity contribution in [3.8, 4) is 0 Å². The number of aromatic amines is 1. The molecule has 1 fully saturated rings. The van der Waals surface area contributed by atoms with Gasteiger partial charge in [0.25, 0.3) is 5.91 Å². The lowest BCUT2D eigenvalue weighted by molar-refractivity contribution is 0.0334. The predicted octanol–water partition coefficient (Wildman–Crippen LogP) is 0.484. The number of nitrogens with one attached hydrogen (secondary N) is 1. The molecule has 0 unspecified atom stereocenters. The minimum absolute atomic E-state index is 0.0342. The summed E-state index contributed by atoms with van der Waals surface area (Å²) in [4.78, 5) is 19.9. The number of ether oxygens (including phenoxy) is 1. The van der Waals surface area contributed by atoms with Crippen LogP contribution in [0.5, 0.6) is 0 Å². The lowest BCUT2D eigenvalue weighted by Gasteiger charge is -2.26. The molecule has 2 aliphatic rings. The molecule has 2 aromatic heterocycles.